The average Bonchev–Trinajstić information content (AvgIpc) is 3.30. The molecule has 2 amide bonds. The Morgan fingerprint density at radius 1 is 1.38 bits per heavy atom. The van der Waals surface area contributed by atoms with E-state index in [1.807, 2.05) is 6.07 Å². The van der Waals surface area contributed by atoms with Crippen molar-refractivity contribution in [2.24, 2.45) is 5.73 Å². The minimum Gasteiger partial charge on any atom is -0.364 e. The molecule has 0 atom stereocenters. The zero-order valence-corrected chi connectivity index (χ0v) is 16.6. The van der Waals surface area contributed by atoms with Crippen LogP contribution in [0.1, 0.15) is 39.3 Å². The van der Waals surface area contributed by atoms with Crippen molar-refractivity contribution >= 4 is 28.3 Å². The summed E-state index contributed by atoms with van der Waals surface area (Å²) in [5.74, 6) is -0.797. The molecular formula is C19H18N6O3S. The number of rotatable bonds is 6. The topological polar surface area (TPSA) is 158 Å². The van der Waals surface area contributed by atoms with E-state index in [0.29, 0.717) is 34.1 Å². The fraction of sp³-hybridized carbons (Fsp3) is 0.211. The number of nitrogens with zero attached hydrogens (tertiary/aromatic N) is 2. The molecule has 0 radical (unpaired) electrons. The number of aryl methyl sites for hydroxylation is 1. The third-order valence-corrected chi connectivity index (χ3v) is 5.27. The van der Waals surface area contributed by atoms with Crippen LogP contribution in [0.4, 0.5) is 5.13 Å². The largest absolute Gasteiger partial charge is 0.364 e. The maximum atomic E-state index is 12.3. The number of H-pyrrole nitrogens is 2. The van der Waals surface area contributed by atoms with Gasteiger partial charge < -0.3 is 21.0 Å². The second kappa shape index (κ2) is 8.12. The number of carbonyl (C=O) groups excluding carboxylic acids is 2. The molecule has 0 bridgehead atoms. The van der Waals surface area contributed by atoms with Gasteiger partial charge in [-0.1, -0.05) is 0 Å². The lowest BCUT2D eigenvalue weighted by molar-refractivity contribution is -0.116. The summed E-state index contributed by atoms with van der Waals surface area (Å²) in [5.41, 5.74) is 8.47. The minimum absolute atomic E-state index is 0.0670. The summed E-state index contributed by atoms with van der Waals surface area (Å²) >= 11 is 1.26. The van der Waals surface area contributed by atoms with Gasteiger partial charge in [-0.05, 0) is 37.5 Å². The van der Waals surface area contributed by atoms with Gasteiger partial charge in [0.2, 0.25) is 5.91 Å². The standard InChI is InChI=1S/C19H18N6O3S/c1-9-12(10(2)23-18(28)13(9)6-20)3-4-16(26)25-19-24-15(8-29-19)11-5-14(17(21)27)22-7-11/h5,7-8,22H,3-4H2,1-2H3,(H2,21,27)(H,23,28)(H,24,25,26). The molecule has 29 heavy (non-hydrogen) atoms. The van der Waals surface area contributed by atoms with Gasteiger partial charge in [0.25, 0.3) is 11.5 Å². The molecule has 9 nitrogen and oxygen atoms in total. The van der Waals surface area contributed by atoms with E-state index < -0.39 is 11.5 Å². The number of primary amides is 1. The normalized spacial score (nSPS) is 10.5. The van der Waals surface area contributed by atoms with Gasteiger partial charge in [0.15, 0.2) is 5.13 Å². The summed E-state index contributed by atoms with van der Waals surface area (Å²) in [7, 11) is 0. The van der Waals surface area contributed by atoms with Crippen LogP contribution in [0.25, 0.3) is 11.3 Å². The third kappa shape index (κ3) is 4.25. The molecule has 0 saturated heterocycles. The number of carbonyl (C=O) groups is 2. The molecule has 0 aliphatic heterocycles. The lowest BCUT2D eigenvalue weighted by Crippen LogP contribution is -2.18. The Bertz CT molecular complexity index is 1200. The molecule has 0 spiro atoms. The number of aromatic nitrogens is 3. The number of nitrogens with one attached hydrogen (secondary N) is 3. The number of nitrogens with two attached hydrogens (primary N) is 1. The quantitative estimate of drug-likeness (QED) is 0.488. The van der Waals surface area contributed by atoms with Crippen LogP contribution in [0.2, 0.25) is 0 Å². The lowest BCUT2D eigenvalue weighted by Gasteiger charge is -2.10. The van der Waals surface area contributed by atoms with Crippen LogP contribution in [0, 0.1) is 25.2 Å². The van der Waals surface area contributed by atoms with Crippen molar-refractivity contribution in [2.45, 2.75) is 26.7 Å². The summed E-state index contributed by atoms with van der Waals surface area (Å²) in [6.45, 7) is 3.45. The van der Waals surface area contributed by atoms with Crippen molar-refractivity contribution in [3.63, 3.8) is 0 Å². The SMILES string of the molecule is Cc1[nH]c(=O)c(C#N)c(C)c1CCC(=O)Nc1nc(-c2c[nH]c(C(N)=O)c2)cs1. The Labute approximate surface area is 169 Å². The molecule has 10 heteroatoms. The lowest BCUT2D eigenvalue weighted by atomic mass is 9.99. The Kier molecular flexibility index (Phi) is 5.61. The van der Waals surface area contributed by atoms with Gasteiger partial charge in [0.1, 0.15) is 17.3 Å². The zero-order valence-electron chi connectivity index (χ0n) is 15.8. The number of pyridine rings is 1. The average molecular weight is 410 g/mol. The second-order valence-electron chi connectivity index (χ2n) is 6.42. The van der Waals surface area contributed by atoms with E-state index in [0.717, 1.165) is 5.56 Å². The molecule has 3 heterocycles. The first-order chi connectivity index (χ1) is 13.8. The monoisotopic (exact) mass is 410 g/mol. The Morgan fingerprint density at radius 2 is 2.14 bits per heavy atom. The van der Waals surface area contributed by atoms with Gasteiger partial charge in [-0.3, -0.25) is 14.4 Å². The Hall–Kier alpha value is -3.71. The summed E-state index contributed by atoms with van der Waals surface area (Å²) in [4.78, 5) is 45.0. The molecule has 0 aliphatic carbocycles. The van der Waals surface area contributed by atoms with E-state index in [1.165, 1.54) is 11.3 Å². The summed E-state index contributed by atoms with van der Waals surface area (Å²) in [5, 5.41) is 14.1. The Balaban J connectivity index is 1.67. The number of aromatic amines is 2. The fourth-order valence-corrected chi connectivity index (χ4v) is 3.72. The van der Waals surface area contributed by atoms with Gasteiger partial charge in [-0.25, -0.2) is 4.98 Å². The summed E-state index contributed by atoms with van der Waals surface area (Å²) < 4.78 is 0. The van der Waals surface area contributed by atoms with Crippen LogP contribution >= 0.6 is 11.3 Å². The van der Waals surface area contributed by atoms with Gasteiger partial charge in [-0.15, -0.1) is 11.3 Å². The van der Waals surface area contributed by atoms with E-state index in [2.05, 4.69) is 20.3 Å². The molecular weight excluding hydrogens is 392 g/mol. The van der Waals surface area contributed by atoms with Crippen molar-refractivity contribution in [1.82, 2.24) is 15.0 Å². The van der Waals surface area contributed by atoms with Gasteiger partial charge in [0, 0.05) is 29.3 Å². The van der Waals surface area contributed by atoms with Gasteiger partial charge in [-0.2, -0.15) is 5.26 Å². The van der Waals surface area contributed by atoms with Crippen LogP contribution in [-0.4, -0.2) is 26.8 Å². The molecule has 0 unspecified atom stereocenters. The zero-order chi connectivity index (χ0) is 21.1. The smallest absolute Gasteiger partial charge is 0.266 e. The molecule has 3 aromatic heterocycles. The third-order valence-electron chi connectivity index (χ3n) is 4.52. The molecule has 148 valence electrons. The van der Waals surface area contributed by atoms with Gasteiger partial charge in [0.05, 0.1) is 5.69 Å². The number of amides is 2. The number of anilines is 1. The van der Waals surface area contributed by atoms with Crippen molar-refractivity contribution in [2.75, 3.05) is 5.32 Å². The van der Waals surface area contributed by atoms with Crippen molar-refractivity contribution < 1.29 is 9.59 Å². The van der Waals surface area contributed by atoms with Crippen molar-refractivity contribution in [3.05, 3.63) is 56.1 Å². The van der Waals surface area contributed by atoms with Gasteiger partial charge >= 0.3 is 0 Å². The van der Waals surface area contributed by atoms with E-state index in [1.54, 1.807) is 31.5 Å². The first kappa shape index (κ1) is 20.0. The highest BCUT2D eigenvalue weighted by molar-refractivity contribution is 7.14. The molecule has 3 rings (SSSR count). The molecule has 5 N–H and O–H groups in total. The molecule has 3 aromatic rings. The van der Waals surface area contributed by atoms with E-state index in [4.69, 9.17) is 11.0 Å². The number of thiazole rings is 1. The first-order valence-corrected chi connectivity index (χ1v) is 9.54. The first-order valence-electron chi connectivity index (χ1n) is 8.66. The number of hydrogen-bond donors (Lipinski definition) is 4. The maximum absolute atomic E-state index is 12.3. The molecule has 0 fully saturated rings. The highest BCUT2D eigenvalue weighted by atomic mass is 32.1. The van der Waals surface area contributed by atoms with Crippen LogP contribution in [0.15, 0.2) is 22.4 Å². The second-order valence-corrected chi connectivity index (χ2v) is 7.28. The number of nitriles is 1. The van der Waals surface area contributed by atoms with Crippen LogP contribution < -0.4 is 16.6 Å². The summed E-state index contributed by atoms with van der Waals surface area (Å²) in [6.07, 6.45) is 2.17. The van der Waals surface area contributed by atoms with Crippen molar-refractivity contribution in [3.8, 4) is 17.3 Å². The molecule has 0 aromatic carbocycles. The van der Waals surface area contributed by atoms with Crippen LogP contribution in [0.5, 0.6) is 0 Å². The maximum Gasteiger partial charge on any atom is 0.266 e. The highest BCUT2D eigenvalue weighted by Gasteiger charge is 2.15. The van der Waals surface area contributed by atoms with E-state index >= 15 is 0 Å². The van der Waals surface area contributed by atoms with Crippen molar-refractivity contribution in [1.29, 1.82) is 5.26 Å². The van der Waals surface area contributed by atoms with E-state index in [-0.39, 0.29) is 23.6 Å². The minimum atomic E-state index is -0.563. The fourth-order valence-electron chi connectivity index (χ4n) is 2.99. The van der Waals surface area contributed by atoms with Crippen LogP contribution in [0.3, 0.4) is 0 Å². The highest BCUT2D eigenvalue weighted by Crippen LogP contribution is 2.25. The molecule has 0 saturated carbocycles. The summed E-state index contributed by atoms with van der Waals surface area (Å²) in [6, 6.07) is 3.50. The predicted octanol–water partition coefficient (Wildman–Crippen LogP) is 1.99. The van der Waals surface area contributed by atoms with Crippen LogP contribution in [-0.2, 0) is 11.2 Å². The molecule has 0 aliphatic rings. The predicted molar refractivity (Wildman–Crippen MR) is 109 cm³/mol. The number of hydrogen-bond acceptors (Lipinski definition) is 6. The Morgan fingerprint density at radius 3 is 2.79 bits per heavy atom. The van der Waals surface area contributed by atoms with E-state index in [9.17, 15) is 14.4 Å².